The number of carbonyl (C=O) groups is 1. The largest absolute Gasteiger partial charge is 0.468 e. The van der Waals surface area contributed by atoms with Gasteiger partial charge in [-0.3, -0.25) is 14.2 Å². The van der Waals surface area contributed by atoms with Gasteiger partial charge in [-0.25, -0.2) is 4.98 Å². The Morgan fingerprint density at radius 1 is 1.56 bits per heavy atom. The normalized spacial score (nSPS) is 9.94. The van der Waals surface area contributed by atoms with E-state index in [1.165, 1.54) is 13.2 Å². The molecule has 0 fully saturated rings. The van der Waals surface area contributed by atoms with Crippen molar-refractivity contribution < 1.29 is 14.3 Å². The van der Waals surface area contributed by atoms with Crippen molar-refractivity contribution in [1.82, 2.24) is 9.55 Å². The first-order chi connectivity index (χ1) is 7.58. The fourth-order valence-electron chi connectivity index (χ4n) is 1.23. The Morgan fingerprint density at radius 3 is 2.81 bits per heavy atom. The van der Waals surface area contributed by atoms with Crippen molar-refractivity contribution in [2.45, 2.75) is 20.4 Å². The highest BCUT2D eigenvalue weighted by Gasteiger charge is 2.11. The van der Waals surface area contributed by atoms with Crippen LogP contribution in [-0.4, -0.2) is 29.2 Å². The fraction of sp³-hybridized carbons (Fsp3) is 0.500. The van der Waals surface area contributed by atoms with Crippen LogP contribution in [-0.2, 0) is 16.1 Å². The molecular weight excluding hydrogens is 212 g/mol. The third-order valence-corrected chi connectivity index (χ3v) is 1.88. The van der Waals surface area contributed by atoms with Gasteiger partial charge in [0.2, 0.25) is 0 Å². The number of methoxy groups -OCH3 is 1. The van der Waals surface area contributed by atoms with Crippen LogP contribution in [0.2, 0.25) is 0 Å². The van der Waals surface area contributed by atoms with Gasteiger partial charge in [-0.1, -0.05) is 0 Å². The van der Waals surface area contributed by atoms with Gasteiger partial charge in [0, 0.05) is 11.8 Å². The first-order valence-corrected chi connectivity index (χ1v) is 4.86. The van der Waals surface area contributed by atoms with Crippen molar-refractivity contribution in [3.8, 4) is 6.01 Å². The van der Waals surface area contributed by atoms with E-state index in [2.05, 4.69) is 4.98 Å². The number of hydrogen-bond acceptors (Lipinski definition) is 5. The zero-order chi connectivity index (χ0) is 12.1. The Morgan fingerprint density at radius 2 is 2.25 bits per heavy atom. The minimum absolute atomic E-state index is 0.109. The summed E-state index contributed by atoms with van der Waals surface area (Å²) in [5.74, 6) is -0.492. The summed E-state index contributed by atoms with van der Waals surface area (Å²) in [5.41, 5.74) is 0.208. The molecule has 1 aromatic rings. The van der Waals surface area contributed by atoms with Crippen LogP contribution in [0.4, 0.5) is 0 Å². The number of hydrogen-bond donors (Lipinski definition) is 0. The number of carbonyl (C=O) groups excluding carboxylic acids is 1. The molecule has 0 aromatic carbocycles. The lowest BCUT2D eigenvalue weighted by Gasteiger charge is -2.09. The maximum absolute atomic E-state index is 11.6. The standard InChI is InChI=1S/C10H14N2O4/c1-4-16-9(14)6-12-8(13)5-7(2)11-10(12)15-3/h5H,4,6H2,1-3H3. The third-order valence-electron chi connectivity index (χ3n) is 1.88. The van der Waals surface area contributed by atoms with Crippen LogP contribution < -0.4 is 10.3 Å². The molecule has 1 aromatic heterocycles. The molecule has 0 aliphatic heterocycles. The summed E-state index contributed by atoms with van der Waals surface area (Å²) < 4.78 is 10.8. The summed E-state index contributed by atoms with van der Waals surface area (Å²) in [6.45, 7) is 3.46. The monoisotopic (exact) mass is 226 g/mol. The van der Waals surface area contributed by atoms with Crippen LogP contribution in [0, 0.1) is 6.92 Å². The summed E-state index contributed by atoms with van der Waals surface area (Å²) in [6.07, 6.45) is 0. The number of esters is 1. The third kappa shape index (κ3) is 2.82. The van der Waals surface area contributed by atoms with Crippen molar-refractivity contribution in [3.05, 3.63) is 22.1 Å². The number of aromatic nitrogens is 2. The Hall–Kier alpha value is -1.85. The molecule has 0 atom stereocenters. The molecule has 0 spiro atoms. The molecule has 16 heavy (non-hydrogen) atoms. The molecule has 0 amide bonds. The molecule has 0 aliphatic carbocycles. The van der Waals surface area contributed by atoms with E-state index in [0.29, 0.717) is 5.69 Å². The summed E-state index contributed by atoms with van der Waals surface area (Å²) in [5, 5.41) is 0. The lowest BCUT2D eigenvalue weighted by atomic mass is 10.4. The van der Waals surface area contributed by atoms with Crippen LogP contribution in [0.25, 0.3) is 0 Å². The van der Waals surface area contributed by atoms with E-state index in [1.54, 1.807) is 13.8 Å². The summed E-state index contributed by atoms with van der Waals surface area (Å²) in [6, 6.07) is 1.44. The van der Waals surface area contributed by atoms with Crippen molar-refractivity contribution >= 4 is 5.97 Å². The van der Waals surface area contributed by atoms with Gasteiger partial charge < -0.3 is 9.47 Å². The van der Waals surface area contributed by atoms with E-state index in [4.69, 9.17) is 9.47 Å². The summed E-state index contributed by atoms with van der Waals surface area (Å²) in [4.78, 5) is 26.8. The van der Waals surface area contributed by atoms with E-state index < -0.39 is 5.97 Å². The molecule has 0 saturated heterocycles. The quantitative estimate of drug-likeness (QED) is 0.682. The topological polar surface area (TPSA) is 70.4 Å². The van der Waals surface area contributed by atoms with Gasteiger partial charge in [0.05, 0.1) is 13.7 Å². The maximum Gasteiger partial charge on any atom is 0.326 e. The first kappa shape index (κ1) is 12.2. The smallest absolute Gasteiger partial charge is 0.326 e. The van der Waals surface area contributed by atoms with E-state index in [9.17, 15) is 9.59 Å². The highest BCUT2D eigenvalue weighted by atomic mass is 16.5. The second kappa shape index (κ2) is 5.29. The molecule has 0 unspecified atom stereocenters. The molecule has 0 radical (unpaired) electrons. The minimum Gasteiger partial charge on any atom is -0.468 e. The van der Waals surface area contributed by atoms with Gasteiger partial charge >= 0.3 is 5.97 Å². The molecule has 0 saturated carbocycles. The number of nitrogens with zero attached hydrogens (tertiary/aromatic N) is 2. The Labute approximate surface area is 92.8 Å². The average Bonchev–Trinajstić information content (AvgIpc) is 2.22. The molecule has 0 aliphatic rings. The predicted octanol–water partition coefficient (Wildman–Crippen LogP) is 0.123. The minimum atomic E-state index is -0.492. The SMILES string of the molecule is CCOC(=O)Cn1c(OC)nc(C)cc1=O. The van der Waals surface area contributed by atoms with E-state index in [-0.39, 0.29) is 24.7 Å². The van der Waals surface area contributed by atoms with E-state index in [0.717, 1.165) is 4.57 Å². The van der Waals surface area contributed by atoms with Crippen LogP contribution in [0.5, 0.6) is 6.01 Å². The van der Waals surface area contributed by atoms with Gasteiger partial charge in [0.1, 0.15) is 6.54 Å². The number of aryl methyl sites for hydroxylation is 1. The second-order valence-electron chi connectivity index (χ2n) is 3.11. The van der Waals surface area contributed by atoms with Crippen molar-refractivity contribution in [1.29, 1.82) is 0 Å². The molecule has 1 heterocycles. The second-order valence-corrected chi connectivity index (χ2v) is 3.11. The highest BCUT2D eigenvalue weighted by molar-refractivity contribution is 5.69. The predicted molar refractivity (Wildman–Crippen MR) is 56.4 cm³/mol. The van der Waals surface area contributed by atoms with E-state index >= 15 is 0 Å². The first-order valence-electron chi connectivity index (χ1n) is 4.86. The van der Waals surface area contributed by atoms with Gasteiger partial charge in [-0.15, -0.1) is 0 Å². The van der Waals surface area contributed by atoms with Crippen molar-refractivity contribution in [3.63, 3.8) is 0 Å². The lowest BCUT2D eigenvalue weighted by molar-refractivity contribution is -0.144. The molecule has 6 heteroatoms. The average molecular weight is 226 g/mol. The summed E-state index contributed by atoms with van der Waals surface area (Å²) >= 11 is 0. The maximum atomic E-state index is 11.6. The molecule has 0 bridgehead atoms. The molecule has 6 nitrogen and oxygen atoms in total. The van der Waals surface area contributed by atoms with Gasteiger partial charge in [0.25, 0.3) is 11.6 Å². The highest BCUT2D eigenvalue weighted by Crippen LogP contribution is 2.04. The molecule has 88 valence electrons. The Kier molecular flexibility index (Phi) is 4.04. The Balaban J connectivity index is 3.03. The van der Waals surface area contributed by atoms with Crippen LogP contribution in [0.15, 0.2) is 10.9 Å². The van der Waals surface area contributed by atoms with Crippen LogP contribution >= 0.6 is 0 Å². The van der Waals surface area contributed by atoms with Gasteiger partial charge in [0.15, 0.2) is 0 Å². The lowest BCUT2D eigenvalue weighted by Crippen LogP contribution is -2.27. The fourth-order valence-corrected chi connectivity index (χ4v) is 1.23. The number of rotatable bonds is 4. The van der Waals surface area contributed by atoms with Crippen molar-refractivity contribution in [2.75, 3.05) is 13.7 Å². The van der Waals surface area contributed by atoms with Gasteiger partial charge in [-0.05, 0) is 13.8 Å². The molecule has 0 N–H and O–H groups in total. The number of ether oxygens (including phenoxy) is 2. The van der Waals surface area contributed by atoms with Gasteiger partial charge in [-0.2, -0.15) is 0 Å². The Bertz CT molecular complexity index is 439. The molecular formula is C10H14N2O4. The summed E-state index contributed by atoms with van der Waals surface area (Å²) in [7, 11) is 1.39. The zero-order valence-electron chi connectivity index (χ0n) is 9.52. The van der Waals surface area contributed by atoms with Crippen LogP contribution in [0.3, 0.4) is 0 Å². The zero-order valence-corrected chi connectivity index (χ0v) is 9.52. The van der Waals surface area contributed by atoms with E-state index in [1.807, 2.05) is 0 Å². The van der Waals surface area contributed by atoms with Crippen molar-refractivity contribution in [2.24, 2.45) is 0 Å². The molecule has 1 rings (SSSR count). The van der Waals surface area contributed by atoms with Crippen LogP contribution in [0.1, 0.15) is 12.6 Å².